The number of hydrogen-bond acceptors (Lipinski definition) is 4. The topological polar surface area (TPSA) is 77.5 Å². The van der Waals surface area contributed by atoms with E-state index in [1.165, 1.54) is 12.1 Å². The summed E-state index contributed by atoms with van der Waals surface area (Å²) in [5.41, 5.74) is 0.630. The van der Waals surface area contributed by atoms with E-state index in [1.807, 2.05) is 0 Å². The molecule has 0 fully saturated rings. The normalized spacial score (nSPS) is 11.5. The maximum atomic E-state index is 12.5. The Kier molecular flexibility index (Phi) is 5.18. The van der Waals surface area contributed by atoms with Crippen LogP contribution in [0.25, 0.3) is 0 Å². The van der Waals surface area contributed by atoms with Crippen molar-refractivity contribution in [2.75, 3.05) is 6.54 Å². The zero-order valence-electron chi connectivity index (χ0n) is 11.5. The van der Waals surface area contributed by atoms with Crippen LogP contribution >= 0.6 is 11.6 Å². The van der Waals surface area contributed by atoms with Crippen LogP contribution in [-0.4, -0.2) is 25.2 Å². The van der Waals surface area contributed by atoms with Gasteiger partial charge in [0.25, 0.3) is 0 Å². The van der Waals surface area contributed by atoms with Gasteiger partial charge < -0.3 is 9.90 Å². The van der Waals surface area contributed by atoms with E-state index < -0.39 is 22.5 Å². The molecule has 0 saturated carbocycles. The second kappa shape index (κ2) is 6.91. The molecule has 0 unspecified atom stereocenters. The second-order valence-corrected chi connectivity index (χ2v) is 6.96. The first-order valence-corrected chi connectivity index (χ1v) is 8.21. The molecule has 0 aliphatic heterocycles. The van der Waals surface area contributed by atoms with Gasteiger partial charge in [-0.05, 0) is 29.8 Å². The molecule has 0 radical (unpaired) electrons. The summed E-state index contributed by atoms with van der Waals surface area (Å²) < 4.78 is 26.0. The van der Waals surface area contributed by atoms with Crippen LogP contribution < -0.4 is 5.11 Å². The number of carboxylic acid groups (broad SMARTS) is 1. The molecule has 0 atom stereocenters. The van der Waals surface area contributed by atoms with E-state index >= 15 is 0 Å². The number of halogens is 1. The molecule has 0 aliphatic carbocycles. The molecule has 0 heterocycles. The third kappa shape index (κ3) is 4.07. The Morgan fingerprint density at radius 2 is 1.64 bits per heavy atom. The van der Waals surface area contributed by atoms with Gasteiger partial charge in [0.2, 0.25) is 10.0 Å². The minimum absolute atomic E-state index is 0.0326. The third-order valence-electron chi connectivity index (χ3n) is 2.96. The average molecular weight is 339 g/mol. The van der Waals surface area contributed by atoms with Crippen molar-refractivity contribution in [2.45, 2.75) is 11.4 Å². The van der Waals surface area contributed by atoms with E-state index in [9.17, 15) is 18.3 Å². The van der Waals surface area contributed by atoms with Crippen molar-refractivity contribution in [3.05, 3.63) is 65.2 Å². The molecule has 0 bridgehead atoms. The van der Waals surface area contributed by atoms with Crippen molar-refractivity contribution in [3.63, 3.8) is 0 Å². The Labute approximate surface area is 133 Å². The molecule has 0 amide bonds. The number of carbonyl (C=O) groups excluding carboxylic acids is 1. The van der Waals surface area contributed by atoms with Crippen LogP contribution in [0.3, 0.4) is 0 Å². The summed E-state index contributed by atoms with van der Waals surface area (Å²) >= 11 is 5.78. The van der Waals surface area contributed by atoms with E-state index in [2.05, 4.69) is 0 Å². The van der Waals surface area contributed by atoms with E-state index in [1.54, 1.807) is 42.5 Å². The Bertz CT molecular complexity index is 745. The average Bonchev–Trinajstić information content (AvgIpc) is 2.49. The summed E-state index contributed by atoms with van der Waals surface area (Å²) in [4.78, 5) is 10.9. The lowest BCUT2D eigenvalue weighted by Gasteiger charge is -2.22. The number of hydrogen-bond donors (Lipinski definition) is 0. The van der Waals surface area contributed by atoms with Crippen molar-refractivity contribution in [1.29, 1.82) is 0 Å². The highest BCUT2D eigenvalue weighted by Crippen LogP contribution is 2.19. The standard InChI is InChI=1S/C15H14ClNO4S/c16-13-8-6-12(7-9-13)10-17(11-15(18)19)22(20,21)14-4-2-1-3-5-14/h1-9H,10-11H2,(H,18,19)/p-1. The number of sulfonamides is 1. The summed E-state index contributed by atoms with van der Waals surface area (Å²) in [6.07, 6.45) is 0. The largest absolute Gasteiger partial charge is 0.549 e. The van der Waals surface area contributed by atoms with Crippen molar-refractivity contribution in [3.8, 4) is 0 Å². The molecule has 22 heavy (non-hydrogen) atoms. The Morgan fingerprint density at radius 3 is 2.18 bits per heavy atom. The van der Waals surface area contributed by atoms with Gasteiger partial charge in [-0.15, -0.1) is 0 Å². The smallest absolute Gasteiger partial charge is 0.243 e. The number of rotatable bonds is 6. The SMILES string of the molecule is O=C([O-])CN(Cc1ccc(Cl)cc1)S(=O)(=O)c1ccccc1. The molecular weight excluding hydrogens is 326 g/mol. The molecule has 0 aliphatic rings. The number of aliphatic carboxylic acids is 1. The van der Waals surface area contributed by atoms with E-state index in [0.29, 0.717) is 10.6 Å². The van der Waals surface area contributed by atoms with Crippen LogP contribution in [0.1, 0.15) is 5.56 Å². The molecule has 5 nitrogen and oxygen atoms in total. The Morgan fingerprint density at radius 1 is 1.05 bits per heavy atom. The highest BCUT2D eigenvalue weighted by atomic mass is 35.5. The molecule has 116 valence electrons. The van der Waals surface area contributed by atoms with E-state index in [4.69, 9.17) is 11.6 Å². The van der Waals surface area contributed by atoms with Crippen LogP contribution in [0.4, 0.5) is 0 Å². The fourth-order valence-electron chi connectivity index (χ4n) is 1.90. The van der Waals surface area contributed by atoms with Gasteiger partial charge >= 0.3 is 0 Å². The van der Waals surface area contributed by atoms with Crippen LogP contribution in [0.5, 0.6) is 0 Å². The summed E-state index contributed by atoms with van der Waals surface area (Å²) in [7, 11) is -3.92. The molecule has 0 spiro atoms. The fourth-order valence-corrected chi connectivity index (χ4v) is 3.42. The lowest BCUT2D eigenvalue weighted by Crippen LogP contribution is -2.41. The molecule has 2 aromatic carbocycles. The summed E-state index contributed by atoms with van der Waals surface area (Å²) in [6, 6.07) is 14.2. The van der Waals surface area contributed by atoms with Gasteiger partial charge in [0, 0.05) is 11.6 Å². The molecular formula is C15H13ClNO4S-. The van der Waals surface area contributed by atoms with Gasteiger partial charge in [0.1, 0.15) is 0 Å². The first-order chi connectivity index (χ1) is 10.4. The molecule has 2 aromatic rings. The second-order valence-electron chi connectivity index (χ2n) is 4.58. The lowest BCUT2D eigenvalue weighted by atomic mass is 10.2. The quantitative estimate of drug-likeness (QED) is 0.795. The van der Waals surface area contributed by atoms with Gasteiger partial charge in [-0.3, -0.25) is 0 Å². The molecule has 7 heteroatoms. The number of nitrogens with zero attached hydrogens (tertiary/aromatic N) is 1. The van der Waals surface area contributed by atoms with Crippen LogP contribution in [0, 0.1) is 0 Å². The number of carboxylic acids is 1. The van der Waals surface area contributed by atoms with Gasteiger partial charge in [-0.1, -0.05) is 41.9 Å². The highest BCUT2D eigenvalue weighted by Gasteiger charge is 2.24. The minimum atomic E-state index is -3.92. The molecule has 2 rings (SSSR count). The number of carbonyl (C=O) groups is 1. The predicted octanol–water partition coefficient (Wildman–Crippen LogP) is 1.28. The first-order valence-electron chi connectivity index (χ1n) is 6.39. The summed E-state index contributed by atoms with van der Waals surface area (Å²) in [6.45, 7) is -0.803. The zero-order chi connectivity index (χ0) is 16.2. The van der Waals surface area contributed by atoms with Gasteiger partial charge in [0.15, 0.2) is 0 Å². The summed E-state index contributed by atoms with van der Waals surface area (Å²) in [5.74, 6) is -1.46. The Balaban J connectivity index is 2.33. The van der Waals surface area contributed by atoms with Crippen LogP contribution in [-0.2, 0) is 21.4 Å². The third-order valence-corrected chi connectivity index (χ3v) is 5.02. The molecule has 0 saturated heterocycles. The minimum Gasteiger partial charge on any atom is -0.549 e. The predicted molar refractivity (Wildman–Crippen MR) is 80.5 cm³/mol. The van der Waals surface area contributed by atoms with E-state index in [-0.39, 0.29) is 11.4 Å². The van der Waals surface area contributed by atoms with Crippen LogP contribution in [0.15, 0.2) is 59.5 Å². The first kappa shape index (κ1) is 16.5. The molecule has 0 N–H and O–H groups in total. The van der Waals surface area contributed by atoms with E-state index in [0.717, 1.165) is 4.31 Å². The van der Waals surface area contributed by atoms with Crippen molar-refractivity contribution in [1.82, 2.24) is 4.31 Å². The fraction of sp³-hybridized carbons (Fsp3) is 0.133. The van der Waals surface area contributed by atoms with Gasteiger partial charge in [0.05, 0.1) is 17.4 Å². The Hall–Kier alpha value is -1.89. The maximum Gasteiger partial charge on any atom is 0.243 e. The van der Waals surface area contributed by atoms with Crippen LogP contribution in [0.2, 0.25) is 5.02 Å². The monoisotopic (exact) mass is 338 g/mol. The highest BCUT2D eigenvalue weighted by molar-refractivity contribution is 7.89. The summed E-state index contributed by atoms with van der Waals surface area (Å²) in [5, 5.41) is 11.4. The zero-order valence-corrected chi connectivity index (χ0v) is 13.0. The lowest BCUT2D eigenvalue weighted by molar-refractivity contribution is -0.305. The van der Waals surface area contributed by atoms with Gasteiger partial charge in [-0.25, -0.2) is 8.42 Å². The van der Waals surface area contributed by atoms with Gasteiger partial charge in [-0.2, -0.15) is 4.31 Å². The molecule has 0 aromatic heterocycles. The van der Waals surface area contributed by atoms with Crippen molar-refractivity contribution < 1.29 is 18.3 Å². The number of benzene rings is 2. The maximum absolute atomic E-state index is 12.5. The van der Waals surface area contributed by atoms with Crippen molar-refractivity contribution >= 4 is 27.6 Å². The van der Waals surface area contributed by atoms with Crippen molar-refractivity contribution in [2.24, 2.45) is 0 Å².